The molecule has 0 saturated carbocycles. The molecule has 0 atom stereocenters. The van der Waals surface area contributed by atoms with Gasteiger partial charge in [0.15, 0.2) is 0 Å². The Bertz CT molecular complexity index is 1940. The number of hydrogen-bond donors (Lipinski definition) is 0. The van der Waals surface area contributed by atoms with Gasteiger partial charge in [-0.3, -0.25) is 4.57 Å². The first kappa shape index (κ1) is 22.9. The van der Waals surface area contributed by atoms with Crippen molar-refractivity contribution in [1.29, 1.82) is 0 Å². The van der Waals surface area contributed by atoms with Crippen molar-refractivity contribution in [3.63, 3.8) is 0 Å². The summed E-state index contributed by atoms with van der Waals surface area (Å²) < 4.78 is 3.51. The van der Waals surface area contributed by atoms with Gasteiger partial charge in [-0.25, -0.2) is 9.97 Å². The van der Waals surface area contributed by atoms with Gasteiger partial charge in [-0.15, -0.1) is 11.3 Å². The second kappa shape index (κ2) is 8.64. The molecule has 0 spiro atoms. The van der Waals surface area contributed by atoms with Gasteiger partial charge in [0.05, 0.1) is 11.0 Å². The van der Waals surface area contributed by atoms with Gasteiger partial charge in [0.2, 0.25) is 0 Å². The van der Waals surface area contributed by atoms with Crippen molar-refractivity contribution in [2.75, 3.05) is 0 Å². The van der Waals surface area contributed by atoms with E-state index in [4.69, 9.17) is 4.98 Å². The summed E-state index contributed by atoms with van der Waals surface area (Å²) in [6.45, 7) is 6.75. The van der Waals surface area contributed by atoms with Crippen LogP contribution in [0.5, 0.6) is 0 Å². The number of benzene rings is 4. The molecule has 0 N–H and O–H groups in total. The molecule has 0 fully saturated rings. The maximum absolute atomic E-state index is 5.18. The van der Waals surface area contributed by atoms with Crippen molar-refractivity contribution in [3.8, 4) is 28.2 Å². The van der Waals surface area contributed by atoms with Crippen LogP contribution < -0.4 is 0 Å². The number of aromatic nitrogens is 3. The molecule has 0 saturated heterocycles. The van der Waals surface area contributed by atoms with E-state index >= 15 is 0 Å². The van der Waals surface area contributed by atoms with E-state index in [-0.39, 0.29) is 5.41 Å². The van der Waals surface area contributed by atoms with Crippen molar-refractivity contribution in [3.05, 3.63) is 115 Å². The van der Waals surface area contributed by atoms with Crippen LogP contribution in [-0.2, 0) is 5.41 Å². The van der Waals surface area contributed by atoms with Crippen LogP contribution in [0, 0.1) is 0 Å². The van der Waals surface area contributed by atoms with Gasteiger partial charge < -0.3 is 0 Å². The van der Waals surface area contributed by atoms with Crippen molar-refractivity contribution in [2.24, 2.45) is 0 Å². The summed E-state index contributed by atoms with van der Waals surface area (Å²) in [5, 5.41) is 2.45. The molecule has 0 aliphatic rings. The zero-order valence-electron chi connectivity index (χ0n) is 21.6. The molecule has 0 aliphatic heterocycles. The molecule has 7 aromatic rings. The number of nitrogens with zero attached hydrogens (tertiary/aromatic N) is 3. The smallest absolute Gasteiger partial charge is 0.145 e. The highest BCUT2D eigenvalue weighted by Crippen LogP contribution is 2.42. The fourth-order valence-electron chi connectivity index (χ4n) is 5.31. The highest BCUT2D eigenvalue weighted by molar-refractivity contribution is 7.25. The first-order chi connectivity index (χ1) is 18.5. The summed E-state index contributed by atoms with van der Waals surface area (Å²) >= 11 is 1.74. The molecule has 184 valence electrons. The van der Waals surface area contributed by atoms with Crippen LogP contribution in [-0.4, -0.2) is 14.5 Å². The van der Waals surface area contributed by atoms with Gasteiger partial charge in [-0.1, -0.05) is 75.4 Å². The molecule has 4 aromatic carbocycles. The Morgan fingerprint density at radius 3 is 2.29 bits per heavy atom. The molecule has 3 aromatic heterocycles. The Balaban J connectivity index is 1.53. The molecule has 0 bridgehead atoms. The maximum atomic E-state index is 5.18. The predicted molar refractivity (Wildman–Crippen MR) is 161 cm³/mol. The number of para-hydroxylation sites is 2. The lowest BCUT2D eigenvalue weighted by atomic mass is 9.87. The highest BCUT2D eigenvalue weighted by Gasteiger charge is 2.20. The number of imidazole rings is 1. The monoisotopic (exact) mass is 509 g/mol. The lowest BCUT2D eigenvalue weighted by Crippen LogP contribution is -2.11. The summed E-state index contributed by atoms with van der Waals surface area (Å²) in [4.78, 5) is 10.9. The van der Waals surface area contributed by atoms with Crippen LogP contribution in [0.3, 0.4) is 0 Å². The standard InChI is InChI=1S/C34H27N3S/c1-34(2,3)24-15-17-25(18-16-24)37-29-14-8-7-13-28(29)36-32(37)23-20-27(22-10-5-4-6-11-22)31-26-12-9-19-35-33(26)38-30(31)21-23/h4-21H,1-3H3. The molecular weight excluding hydrogens is 482 g/mol. The summed E-state index contributed by atoms with van der Waals surface area (Å²) in [6, 6.07) is 36.8. The normalized spacial score (nSPS) is 12.1. The minimum absolute atomic E-state index is 0.100. The van der Waals surface area contributed by atoms with E-state index in [1.807, 2.05) is 12.3 Å². The Hall–Kier alpha value is -4.28. The SMILES string of the molecule is CC(C)(C)c1ccc(-n2c(-c3cc(-c4ccccc4)c4c(c3)sc3ncccc34)nc3ccccc32)cc1. The van der Waals surface area contributed by atoms with E-state index in [9.17, 15) is 0 Å². The minimum atomic E-state index is 0.100. The van der Waals surface area contributed by atoms with Gasteiger partial charge in [0.25, 0.3) is 0 Å². The summed E-state index contributed by atoms with van der Waals surface area (Å²) in [5.41, 5.74) is 8.12. The number of fused-ring (bicyclic) bond motifs is 4. The second-order valence-electron chi connectivity index (χ2n) is 10.8. The van der Waals surface area contributed by atoms with E-state index in [0.29, 0.717) is 0 Å². The predicted octanol–water partition coefficient (Wildman–Crippen LogP) is 9.42. The molecule has 38 heavy (non-hydrogen) atoms. The molecule has 0 unspecified atom stereocenters. The Morgan fingerprint density at radius 1 is 0.737 bits per heavy atom. The largest absolute Gasteiger partial charge is 0.292 e. The number of thiophene rings is 1. The topological polar surface area (TPSA) is 30.7 Å². The third-order valence-electron chi connectivity index (χ3n) is 7.24. The average Bonchev–Trinajstić information content (AvgIpc) is 3.51. The van der Waals surface area contributed by atoms with Gasteiger partial charge in [0, 0.05) is 32.9 Å². The van der Waals surface area contributed by atoms with Crippen LogP contribution in [0.2, 0.25) is 0 Å². The third kappa shape index (κ3) is 3.72. The molecule has 3 nitrogen and oxygen atoms in total. The van der Waals surface area contributed by atoms with E-state index in [2.05, 4.69) is 127 Å². The third-order valence-corrected chi connectivity index (χ3v) is 8.31. The summed E-state index contributed by atoms with van der Waals surface area (Å²) in [5.74, 6) is 0.944. The summed E-state index contributed by atoms with van der Waals surface area (Å²) in [7, 11) is 0. The fourth-order valence-corrected chi connectivity index (χ4v) is 6.42. The lowest BCUT2D eigenvalue weighted by Gasteiger charge is -2.20. The molecular formula is C34H27N3S. The zero-order valence-corrected chi connectivity index (χ0v) is 22.5. The minimum Gasteiger partial charge on any atom is -0.292 e. The number of rotatable bonds is 3. The maximum Gasteiger partial charge on any atom is 0.145 e. The van der Waals surface area contributed by atoms with Gasteiger partial charge in [-0.2, -0.15) is 0 Å². The van der Waals surface area contributed by atoms with Crippen LogP contribution in [0.4, 0.5) is 0 Å². The molecule has 0 aliphatic carbocycles. The van der Waals surface area contributed by atoms with Crippen molar-refractivity contribution in [2.45, 2.75) is 26.2 Å². The number of hydrogen-bond acceptors (Lipinski definition) is 3. The van der Waals surface area contributed by atoms with Crippen LogP contribution in [0.15, 0.2) is 109 Å². The van der Waals surface area contributed by atoms with Crippen molar-refractivity contribution < 1.29 is 0 Å². The van der Waals surface area contributed by atoms with Crippen LogP contribution in [0.1, 0.15) is 26.3 Å². The molecule has 0 amide bonds. The molecule has 3 heterocycles. The zero-order chi connectivity index (χ0) is 25.9. The quantitative estimate of drug-likeness (QED) is 0.237. The van der Waals surface area contributed by atoms with E-state index in [1.165, 1.54) is 32.2 Å². The van der Waals surface area contributed by atoms with Crippen LogP contribution >= 0.6 is 11.3 Å². The highest BCUT2D eigenvalue weighted by atomic mass is 32.1. The Kier molecular flexibility index (Phi) is 5.20. The van der Waals surface area contributed by atoms with Crippen molar-refractivity contribution >= 4 is 42.7 Å². The van der Waals surface area contributed by atoms with Crippen molar-refractivity contribution in [1.82, 2.24) is 14.5 Å². The molecule has 7 rings (SSSR count). The summed E-state index contributed by atoms with van der Waals surface area (Å²) in [6.07, 6.45) is 1.88. The molecule has 4 heteroatoms. The fraction of sp³-hybridized carbons (Fsp3) is 0.118. The van der Waals surface area contributed by atoms with E-state index in [0.717, 1.165) is 32.9 Å². The average molecular weight is 510 g/mol. The lowest BCUT2D eigenvalue weighted by molar-refractivity contribution is 0.590. The van der Waals surface area contributed by atoms with E-state index in [1.54, 1.807) is 11.3 Å². The Morgan fingerprint density at radius 2 is 1.50 bits per heavy atom. The van der Waals surface area contributed by atoms with E-state index < -0.39 is 0 Å². The number of pyridine rings is 1. The van der Waals surface area contributed by atoms with Gasteiger partial charge in [0.1, 0.15) is 10.7 Å². The van der Waals surface area contributed by atoms with Crippen LogP contribution in [0.25, 0.3) is 59.5 Å². The second-order valence-corrected chi connectivity index (χ2v) is 11.8. The Labute approximate surface area is 226 Å². The first-order valence-electron chi connectivity index (χ1n) is 12.9. The van der Waals surface area contributed by atoms with Gasteiger partial charge in [-0.05, 0) is 70.6 Å². The molecule has 0 radical (unpaired) electrons. The van der Waals surface area contributed by atoms with Gasteiger partial charge >= 0.3 is 0 Å². The first-order valence-corrected chi connectivity index (χ1v) is 13.7.